The van der Waals surface area contributed by atoms with Gasteiger partial charge in [-0.05, 0) is 25.4 Å². The van der Waals surface area contributed by atoms with Gasteiger partial charge in [0.25, 0.3) is 0 Å². The summed E-state index contributed by atoms with van der Waals surface area (Å²) in [7, 11) is 0. The number of hydrogen-bond donors (Lipinski definition) is 3. The third kappa shape index (κ3) is 3.93. The Balaban J connectivity index is 2.51. The average Bonchev–Trinajstić information content (AvgIpc) is 2.26. The second-order valence-electron chi connectivity index (χ2n) is 3.14. The molecular formula is C9H17N5S. The fourth-order valence-electron chi connectivity index (χ4n) is 1.11. The van der Waals surface area contributed by atoms with Gasteiger partial charge in [0.15, 0.2) is 0 Å². The van der Waals surface area contributed by atoms with Gasteiger partial charge >= 0.3 is 0 Å². The van der Waals surface area contributed by atoms with E-state index < -0.39 is 0 Å². The van der Waals surface area contributed by atoms with E-state index in [-0.39, 0.29) is 0 Å². The highest BCUT2D eigenvalue weighted by Crippen LogP contribution is 2.11. The van der Waals surface area contributed by atoms with Gasteiger partial charge in [0, 0.05) is 18.3 Å². The maximum absolute atomic E-state index is 5.24. The molecule has 1 aromatic heterocycles. The van der Waals surface area contributed by atoms with E-state index in [0.29, 0.717) is 5.95 Å². The molecule has 1 rings (SSSR count). The van der Waals surface area contributed by atoms with Crippen LogP contribution in [-0.4, -0.2) is 28.5 Å². The summed E-state index contributed by atoms with van der Waals surface area (Å²) in [6.45, 7) is 2.89. The summed E-state index contributed by atoms with van der Waals surface area (Å²) in [6.07, 6.45) is 4.97. The fraction of sp³-hybridized carbons (Fsp3) is 0.556. The minimum atomic E-state index is 0.438. The first-order valence-corrected chi connectivity index (χ1v) is 6.20. The van der Waals surface area contributed by atoms with Gasteiger partial charge < -0.3 is 5.32 Å². The second-order valence-corrected chi connectivity index (χ2v) is 4.13. The summed E-state index contributed by atoms with van der Waals surface area (Å²) < 4.78 is 0. The molecule has 0 saturated heterocycles. The summed E-state index contributed by atoms with van der Waals surface area (Å²) in [5, 5.41) is 3.26. The number of nitrogen functional groups attached to an aromatic ring is 1. The van der Waals surface area contributed by atoms with Crippen LogP contribution in [0, 0.1) is 6.92 Å². The maximum atomic E-state index is 5.24. The molecule has 0 atom stereocenters. The van der Waals surface area contributed by atoms with Gasteiger partial charge in [-0.2, -0.15) is 16.7 Å². The molecule has 0 spiro atoms. The number of nitrogens with two attached hydrogens (primary N) is 1. The molecule has 0 aliphatic carbocycles. The van der Waals surface area contributed by atoms with Crippen LogP contribution in [0.5, 0.6) is 0 Å². The van der Waals surface area contributed by atoms with Gasteiger partial charge in [-0.1, -0.05) is 0 Å². The lowest BCUT2D eigenvalue weighted by molar-refractivity contribution is 0.969. The lowest BCUT2D eigenvalue weighted by Crippen LogP contribution is -2.13. The van der Waals surface area contributed by atoms with Crippen LogP contribution in [0.1, 0.15) is 12.0 Å². The Morgan fingerprint density at radius 3 is 3.00 bits per heavy atom. The standard InChI is InChI=1S/C9H17N5S/c1-7-6-12-9(14-10)13-8(7)11-4-3-5-15-2/h6H,3-5,10H2,1-2H3,(H2,11,12,13,14). The molecule has 1 heterocycles. The summed E-state index contributed by atoms with van der Waals surface area (Å²) in [4.78, 5) is 8.23. The highest BCUT2D eigenvalue weighted by Gasteiger charge is 2.01. The monoisotopic (exact) mass is 227 g/mol. The van der Waals surface area contributed by atoms with E-state index in [4.69, 9.17) is 5.84 Å². The minimum Gasteiger partial charge on any atom is -0.370 e. The quantitative estimate of drug-likeness (QED) is 0.385. The molecule has 0 radical (unpaired) electrons. The van der Waals surface area contributed by atoms with Crippen LogP contribution in [0.4, 0.5) is 11.8 Å². The molecule has 0 amide bonds. The number of nitrogens with zero attached hydrogens (tertiary/aromatic N) is 2. The van der Waals surface area contributed by atoms with Crippen molar-refractivity contribution in [2.75, 3.05) is 29.3 Å². The second kappa shape index (κ2) is 6.47. The zero-order chi connectivity index (χ0) is 11.1. The van der Waals surface area contributed by atoms with Crippen LogP contribution in [0.2, 0.25) is 0 Å². The van der Waals surface area contributed by atoms with Gasteiger partial charge in [-0.25, -0.2) is 10.8 Å². The Morgan fingerprint density at radius 1 is 1.53 bits per heavy atom. The topological polar surface area (TPSA) is 75.9 Å². The molecule has 5 nitrogen and oxygen atoms in total. The largest absolute Gasteiger partial charge is 0.370 e. The molecule has 6 heteroatoms. The van der Waals surface area contributed by atoms with Crippen molar-refractivity contribution in [3.8, 4) is 0 Å². The first-order chi connectivity index (χ1) is 7.27. The summed E-state index contributed by atoms with van der Waals surface area (Å²) >= 11 is 1.84. The van der Waals surface area contributed by atoms with E-state index in [1.165, 1.54) is 0 Å². The van der Waals surface area contributed by atoms with Crippen molar-refractivity contribution in [2.45, 2.75) is 13.3 Å². The van der Waals surface area contributed by atoms with Crippen LogP contribution in [-0.2, 0) is 0 Å². The van der Waals surface area contributed by atoms with Gasteiger partial charge in [0.05, 0.1) is 0 Å². The van der Waals surface area contributed by atoms with E-state index in [1.807, 2.05) is 18.7 Å². The van der Waals surface area contributed by atoms with Gasteiger partial charge in [0.1, 0.15) is 5.82 Å². The molecular weight excluding hydrogens is 210 g/mol. The smallest absolute Gasteiger partial charge is 0.239 e. The first-order valence-electron chi connectivity index (χ1n) is 4.81. The Labute approximate surface area is 94.2 Å². The molecule has 0 unspecified atom stereocenters. The highest BCUT2D eigenvalue weighted by molar-refractivity contribution is 7.98. The number of anilines is 2. The van der Waals surface area contributed by atoms with Crippen LogP contribution in [0.3, 0.4) is 0 Å². The number of rotatable bonds is 6. The predicted octanol–water partition coefficient (Wildman–Crippen LogP) is 1.24. The number of aryl methyl sites for hydroxylation is 1. The van der Waals surface area contributed by atoms with Gasteiger partial charge in [-0.15, -0.1) is 0 Å². The normalized spacial score (nSPS) is 10.1. The van der Waals surface area contributed by atoms with Crippen LogP contribution < -0.4 is 16.6 Å². The summed E-state index contributed by atoms with van der Waals surface area (Å²) in [5.74, 6) is 7.68. The van der Waals surface area contributed by atoms with E-state index in [9.17, 15) is 0 Å². The van der Waals surface area contributed by atoms with Crippen molar-refractivity contribution < 1.29 is 0 Å². The molecule has 0 fully saturated rings. The van der Waals surface area contributed by atoms with Crippen LogP contribution >= 0.6 is 11.8 Å². The minimum absolute atomic E-state index is 0.438. The molecule has 0 aliphatic rings. The Kier molecular flexibility index (Phi) is 5.20. The Morgan fingerprint density at radius 2 is 2.33 bits per heavy atom. The molecule has 0 aliphatic heterocycles. The maximum Gasteiger partial charge on any atom is 0.239 e. The zero-order valence-corrected chi connectivity index (χ0v) is 9.90. The van der Waals surface area contributed by atoms with Crippen molar-refractivity contribution in [1.29, 1.82) is 0 Å². The van der Waals surface area contributed by atoms with Crippen molar-refractivity contribution in [2.24, 2.45) is 5.84 Å². The first kappa shape index (κ1) is 12.1. The summed E-state index contributed by atoms with van der Waals surface area (Å²) in [5.41, 5.74) is 3.46. The predicted molar refractivity (Wildman–Crippen MR) is 66.1 cm³/mol. The number of hydrazine groups is 1. The number of hydrogen-bond acceptors (Lipinski definition) is 6. The molecule has 4 N–H and O–H groups in total. The molecule has 1 aromatic rings. The molecule has 0 bridgehead atoms. The highest BCUT2D eigenvalue weighted by atomic mass is 32.2. The number of nitrogens with one attached hydrogen (secondary N) is 2. The lowest BCUT2D eigenvalue weighted by atomic mass is 10.3. The number of aromatic nitrogens is 2. The average molecular weight is 227 g/mol. The van der Waals surface area contributed by atoms with E-state index in [1.54, 1.807) is 6.20 Å². The molecule has 0 aromatic carbocycles. The van der Waals surface area contributed by atoms with E-state index >= 15 is 0 Å². The van der Waals surface area contributed by atoms with Crippen molar-refractivity contribution in [3.63, 3.8) is 0 Å². The molecule has 15 heavy (non-hydrogen) atoms. The van der Waals surface area contributed by atoms with E-state index in [2.05, 4.69) is 27.0 Å². The lowest BCUT2D eigenvalue weighted by Gasteiger charge is -2.08. The molecule has 0 saturated carbocycles. The third-order valence-corrected chi connectivity index (χ3v) is 2.62. The van der Waals surface area contributed by atoms with Crippen molar-refractivity contribution in [1.82, 2.24) is 9.97 Å². The third-order valence-electron chi connectivity index (χ3n) is 1.92. The van der Waals surface area contributed by atoms with Crippen molar-refractivity contribution >= 4 is 23.5 Å². The fourth-order valence-corrected chi connectivity index (χ4v) is 1.55. The Hall–Kier alpha value is -1.01. The van der Waals surface area contributed by atoms with E-state index in [0.717, 1.165) is 30.1 Å². The Bertz CT molecular complexity index is 305. The SMILES string of the molecule is CSCCCNc1nc(NN)ncc1C. The van der Waals surface area contributed by atoms with Crippen LogP contribution in [0.25, 0.3) is 0 Å². The number of thioether (sulfide) groups is 1. The summed E-state index contributed by atoms with van der Waals surface area (Å²) in [6, 6.07) is 0. The van der Waals surface area contributed by atoms with Crippen molar-refractivity contribution in [3.05, 3.63) is 11.8 Å². The van der Waals surface area contributed by atoms with Gasteiger partial charge in [0.2, 0.25) is 5.95 Å². The zero-order valence-electron chi connectivity index (χ0n) is 9.08. The van der Waals surface area contributed by atoms with Gasteiger partial charge in [-0.3, -0.25) is 5.43 Å². The molecule has 84 valence electrons. The van der Waals surface area contributed by atoms with Crippen LogP contribution in [0.15, 0.2) is 6.20 Å².